The number of alkyl halides is 2. The van der Waals surface area contributed by atoms with Crippen molar-refractivity contribution in [2.45, 2.75) is 57.9 Å². The molecular formula is C19H23F2NO4S. The molecule has 0 saturated heterocycles. The Morgan fingerprint density at radius 3 is 2.04 bits per heavy atom. The van der Waals surface area contributed by atoms with E-state index in [1.807, 2.05) is 32.9 Å². The minimum Gasteiger partial charge on any atom is -0.384 e. The van der Waals surface area contributed by atoms with Crippen LogP contribution in [0.25, 0.3) is 5.57 Å². The van der Waals surface area contributed by atoms with Crippen molar-refractivity contribution in [1.29, 1.82) is 0 Å². The highest BCUT2D eigenvalue weighted by Gasteiger charge is 2.54. The molecule has 0 atom stereocenters. The van der Waals surface area contributed by atoms with Crippen LogP contribution in [0.3, 0.4) is 0 Å². The summed E-state index contributed by atoms with van der Waals surface area (Å²) in [7, 11) is -3.95. The molecule has 2 aliphatic rings. The van der Waals surface area contributed by atoms with E-state index in [9.17, 15) is 22.0 Å². The Kier molecular flexibility index (Phi) is 4.61. The van der Waals surface area contributed by atoms with Crippen LogP contribution in [0.4, 0.5) is 8.78 Å². The number of aryl methyl sites for hydroxylation is 3. The number of hydrogen-bond acceptors (Lipinski definition) is 4. The van der Waals surface area contributed by atoms with E-state index in [-0.39, 0.29) is 24.2 Å². The number of hydrogen-bond donors (Lipinski definition) is 1. The number of benzene rings is 1. The number of amides is 1. The van der Waals surface area contributed by atoms with Crippen molar-refractivity contribution < 1.29 is 26.2 Å². The number of halogens is 2. The predicted molar refractivity (Wildman–Crippen MR) is 97.8 cm³/mol. The normalized spacial score (nSPS) is 21.5. The fourth-order valence-corrected chi connectivity index (χ4v) is 4.69. The molecule has 1 aliphatic carbocycles. The Bertz CT molecular complexity index is 917. The van der Waals surface area contributed by atoms with Crippen LogP contribution in [-0.4, -0.2) is 32.0 Å². The van der Waals surface area contributed by atoms with Gasteiger partial charge in [-0.3, -0.25) is 4.79 Å². The molecule has 0 unspecified atom stereocenters. The number of carbonyl (C=O) groups excluding carboxylic acids is 1. The van der Waals surface area contributed by atoms with Crippen molar-refractivity contribution in [3.05, 3.63) is 40.1 Å². The maximum Gasteiger partial charge on any atom is 0.306 e. The maximum atomic E-state index is 13.7. The lowest BCUT2D eigenvalue weighted by molar-refractivity contribution is -0.117. The lowest BCUT2D eigenvalue weighted by Gasteiger charge is -2.38. The minimum absolute atomic E-state index is 0.0550. The second-order valence-electron chi connectivity index (χ2n) is 7.66. The Hall–Kier alpha value is -1.96. The van der Waals surface area contributed by atoms with Crippen LogP contribution in [0, 0.1) is 20.8 Å². The van der Waals surface area contributed by atoms with Gasteiger partial charge in [-0.2, -0.15) is 8.42 Å². The Morgan fingerprint density at radius 2 is 1.56 bits per heavy atom. The molecule has 1 heterocycles. The van der Waals surface area contributed by atoms with Gasteiger partial charge in [0.25, 0.3) is 5.91 Å². The summed E-state index contributed by atoms with van der Waals surface area (Å²) in [5.74, 6) is -3.38. The van der Waals surface area contributed by atoms with Gasteiger partial charge in [-0.25, -0.2) is 8.78 Å². The van der Waals surface area contributed by atoms with Crippen LogP contribution in [-0.2, 0) is 19.1 Å². The van der Waals surface area contributed by atoms with Gasteiger partial charge >= 0.3 is 10.1 Å². The quantitative estimate of drug-likeness (QED) is 0.791. The Morgan fingerprint density at radius 1 is 1.04 bits per heavy atom. The van der Waals surface area contributed by atoms with E-state index in [0.717, 1.165) is 22.9 Å². The number of carbonyl (C=O) groups is 1. The number of rotatable bonds is 3. The van der Waals surface area contributed by atoms with Gasteiger partial charge in [0.15, 0.2) is 5.76 Å². The van der Waals surface area contributed by atoms with Crippen LogP contribution in [0.5, 0.6) is 0 Å². The van der Waals surface area contributed by atoms with Gasteiger partial charge in [-0.15, -0.1) is 0 Å². The first-order valence-electron chi connectivity index (χ1n) is 8.76. The van der Waals surface area contributed by atoms with E-state index in [0.29, 0.717) is 5.56 Å². The van der Waals surface area contributed by atoms with Gasteiger partial charge in [-0.1, -0.05) is 17.7 Å². The lowest BCUT2D eigenvalue weighted by atomic mass is 9.78. The molecule has 0 bridgehead atoms. The highest BCUT2D eigenvalue weighted by Crippen LogP contribution is 2.48. The molecule has 3 rings (SSSR count). The average molecular weight is 399 g/mol. The van der Waals surface area contributed by atoms with Crippen molar-refractivity contribution >= 4 is 21.6 Å². The fraction of sp³-hybridized carbons (Fsp3) is 0.526. The molecule has 5 nitrogen and oxygen atoms in total. The largest absolute Gasteiger partial charge is 0.384 e. The molecule has 1 aromatic carbocycles. The third-order valence-corrected chi connectivity index (χ3v) is 5.71. The fourth-order valence-electron chi connectivity index (χ4n) is 4.15. The molecule has 148 valence electrons. The summed E-state index contributed by atoms with van der Waals surface area (Å²) in [6.07, 6.45) is -0.152. The standard InChI is InChI=1S/C19H23F2NO4S/c1-11-9-12(2)14(13(3)10-11)15-16(26-27(4,24)25)18(22-17(15)23)5-7-19(20,21)8-6-18/h9-10H,5-8H2,1-4H3,(H,22,23). The Labute approximate surface area is 157 Å². The van der Waals surface area contributed by atoms with Crippen LogP contribution >= 0.6 is 0 Å². The first-order valence-corrected chi connectivity index (χ1v) is 10.6. The van der Waals surface area contributed by atoms with Crippen molar-refractivity contribution in [1.82, 2.24) is 5.32 Å². The first-order chi connectivity index (χ1) is 12.3. The van der Waals surface area contributed by atoms with Crippen LogP contribution in [0.1, 0.15) is 47.9 Å². The molecule has 8 heteroatoms. The van der Waals surface area contributed by atoms with Crippen LogP contribution in [0.2, 0.25) is 0 Å². The van der Waals surface area contributed by atoms with Crippen LogP contribution < -0.4 is 5.32 Å². The molecule has 0 radical (unpaired) electrons. The van der Waals surface area contributed by atoms with Crippen LogP contribution in [0.15, 0.2) is 17.9 Å². The van der Waals surface area contributed by atoms with E-state index in [4.69, 9.17) is 4.18 Å². The van der Waals surface area contributed by atoms with E-state index >= 15 is 0 Å². The zero-order chi connectivity index (χ0) is 20.2. The molecule has 1 spiro atoms. The molecule has 1 aromatic rings. The summed E-state index contributed by atoms with van der Waals surface area (Å²) in [6.45, 7) is 5.58. The Balaban J connectivity index is 2.22. The van der Waals surface area contributed by atoms with Gasteiger partial charge in [-0.05, 0) is 50.3 Å². The van der Waals surface area contributed by atoms with Gasteiger partial charge < -0.3 is 9.50 Å². The second-order valence-corrected chi connectivity index (χ2v) is 9.23. The summed E-state index contributed by atoms with van der Waals surface area (Å²) < 4.78 is 56.5. The monoisotopic (exact) mass is 399 g/mol. The first kappa shape index (κ1) is 19.8. The zero-order valence-corrected chi connectivity index (χ0v) is 16.6. The highest BCUT2D eigenvalue weighted by atomic mass is 32.2. The second kappa shape index (κ2) is 6.29. The lowest BCUT2D eigenvalue weighted by Crippen LogP contribution is -2.50. The molecule has 1 N–H and O–H groups in total. The summed E-state index contributed by atoms with van der Waals surface area (Å²) in [5.41, 5.74) is 2.09. The molecule has 1 fully saturated rings. The van der Waals surface area contributed by atoms with Gasteiger partial charge in [0, 0.05) is 12.8 Å². The summed E-state index contributed by atoms with van der Waals surface area (Å²) in [4.78, 5) is 12.9. The maximum absolute atomic E-state index is 13.7. The summed E-state index contributed by atoms with van der Waals surface area (Å²) in [5, 5.41) is 2.76. The van der Waals surface area contributed by atoms with Gasteiger partial charge in [0.05, 0.1) is 11.8 Å². The van der Waals surface area contributed by atoms with E-state index in [1.54, 1.807) is 0 Å². The van der Waals surface area contributed by atoms with Crippen molar-refractivity contribution in [2.24, 2.45) is 0 Å². The van der Waals surface area contributed by atoms with Crippen molar-refractivity contribution in [3.8, 4) is 0 Å². The highest BCUT2D eigenvalue weighted by molar-refractivity contribution is 7.86. The minimum atomic E-state index is -3.95. The SMILES string of the molecule is Cc1cc(C)c(C2=C(OS(C)(=O)=O)C3(CCC(F)(F)CC3)NC2=O)c(C)c1. The summed E-state index contributed by atoms with van der Waals surface area (Å²) in [6, 6.07) is 3.78. The van der Waals surface area contributed by atoms with E-state index in [2.05, 4.69) is 5.32 Å². The third kappa shape index (κ3) is 3.72. The van der Waals surface area contributed by atoms with E-state index < -0.39 is 40.3 Å². The van der Waals surface area contributed by atoms with Crippen molar-refractivity contribution in [3.63, 3.8) is 0 Å². The average Bonchev–Trinajstić information content (AvgIpc) is 2.74. The third-order valence-electron chi connectivity index (χ3n) is 5.24. The smallest absolute Gasteiger partial charge is 0.306 e. The zero-order valence-electron chi connectivity index (χ0n) is 15.8. The topological polar surface area (TPSA) is 72.5 Å². The number of nitrogens with one attached hydrogen (secondary N) is 1. The molecule has 1 aliphatic heterocycles. The predicted octanol–water partition coefficient (Wildman–Crippen LogP) is 3.38. The van der Waals surface area contributed by atoms with Gasteiger partial charge in [0.1, 0.15) is 5.54 Å². The molecule has 0 aromatic heterocycles. The molecule has 1 saturated carbocycles. The van der Waals surface area contributed by atoms with Crippen molar-refractivity contribution in [2.75, 3.05) is 6.26 Å². The molecular weight excluding hydrogens is 376 g/mol. The molecule has 27 heavy (non-hydrogen) atoms. The molecule has 1 amide bonds. The van der Waals surface area contributed by atoms with E-state index in [1.165, 1.54) is 0 Å². The van der Waals surface area contributed by atoms with Gasteiger partial charge in [0.2, 0.25) is 5.92 Å². The summed E-state index contributed by atoms with van der Waals surface area (Å²) >= 11 is 0.